The number of fused-ring (bicyclic) bond motifs is 1. The van der Waals surface area contributed by atoms with Crippen molar-refractivity contribution < 1.29 is 9.47 Å². The lowest BCUT2D eigenvalue weighted by molar-refractivity contribution is 0.171. The van der Waals surface area contributed by atoms with Crippen molar-refractivity contribution in [3.63, 3.8) is 0 Å². The number of hydrogen-bond acceptors (Lipinski definition) is 5. The molecule has 8 heteroatoms. The summed E-state index contributed by atoms with van der Waals surface area (Å²) in [6.45, 7) is 6.95. The Hall–Kier alpha value is -1.55. The summed E-state index contributed by atoms with van der Waals surface area (Å²) in [7, 11) is 1.82. The number of nitrogens with one attached hydrogen (secondary N) is 2. The lowest BCUT2D eigenvalue weighted by atomic mass is 9.78. The zero-order valence-electron chi connectivity index (χ0n) is 17.9. The highest BCUT2D eigenvalue weighted by Crippen LogP contribution is 2.43. The molecule has 164 valence electrons. The van der Waals surface area contributed by atoms with Gasteiger partial charge in [0.05, 0.1) is 12.2 Å². The van der Waals surface area contributed by atoms with E-state index in [1.807, 2.05) is 7.05 Å². The number of aliphatic imine (C=N–C) groups is 1. The molecular formula is C22H31IN4O2S. The minimum absolute atomic E-state index is 0. The second-order valence-electron chi connectivity index (χ2n) is 7.87. The topological polar surface area (TPSA) is 67.8 Å². The van der Waals surface area contributed by atoms with Crippen LogP contribution in [0.4, 0.5) is 0 Å². The lowest BCUT2D eigenvalue weighted by Gasteiger charge is -2.32. The first kappa shape index (κ1) is 23.1. The minimum atomic E-state index is 0. The number of hydrogen-bond donors (Lipinski definition) is 2. The van der Waals surface area contributed by atoms with Gasteiger partial charge in [-0.3, -0.25) is 4.99 Å². The Kier molecular flexibility index (Phi) is 7.84. The molecule has 1 fully saturated rings. The van der Waals surface area contributed by atoms with Gasteiger partial charge in [-0.2, -0.15) is 0 Å². The van der Waals surface area contributed by atoms with E-state index in [-0.39, 0.29) is 29.4 Å². The summed E-state index contributed by atoms with van der Waals surface area (Å²) in [5, 5.41) is 8.07. The van der Waals surface area contributed by atoms with Crippen LogP contribution in [0.25, 0.3) is 0 Å². The summed E-state index contributed by atoms with van der Waals surface area (Å²) in [6.07, 6.45) is 4.84. The molecule has 2 aromatic rings. The fourth-order valence-electron chi connectivity index (χ4n) is 4.24. The average Bonchev–Trinajstić information content (AvgIpc) is 3.35. The van der Waals surface area contributed by atoms with Gasteiger partial charge in [0, 0.05) is 23.9 Å². The Bertz CT molecular complexity index is 874. The van der Waals surface area contributed by atoms with Crippen molar-refractivity contribution in [2.24, 2.45) is 4.99 Å². The highest BCUT2D eigenvalue weighted by atomic mass is 127. The van der Waals surface area contributed by atoms with E-state index < -0.39 is 0 Å². The van der Waals surface area contributed by atoms with Gasteiger partial charge in [0.1, 0.15) is 18.2 Å². The number of halogens is 1. The van der Waals surface area contributed by atoms with Gasteiger partial charge in [0.2, 0.25) is 0 Å². The van der Waals surface area contributed by atoms with E-state index in [2.05, 4.69) is 52.7 Å². The van der Waals surface area contributed by atoms with E-state index in [9.17, 15) is 0 Å². The van der Waals surface area contributed by atoms with Crippen molar-refractivity contribution in [3.05, 3.63) is 39.3 Å². The van der Waals surface area contributed by atoms with Gasteiger partial charge in [-0.1, -0.05) is 18.9 Å². The Morgan fingerprint density at radius 2 is 1.87 bits per heavy atom. The molecule has 0 amide bonds. The smallest absolute Gasteiger partial charge is 0.191 e. The quantitative estimate of drug-likeness (QED) is 0.335. The fourth-order valence-corrected chi connectivity index (χ4v) is 5.11. The fraction of sp³-hybridized carbons (Fsp3) is 0.545. The number of nitrogens with zero attached hydrogens (tertiary/aromatic N) is 2. The predicted molar refractivity (Wildman–Crippen MR) is 133 cm³/mol. The van der Waals surface area contributed by atoms with E-state index in [4.69, 9.17) is 9.47 Å². The lowest BCUT2D eigenvalue weighted by Crippen LogP contribution is -2.44. The third-order valence-corrected chi connectivity index (χ3v) is 7.09. The molecule has 1 aliphatic carbocycles. The van der Waals surface area contributed by atoms with Crippen LogP contribution in [0.1, 0.15) is 46.8 Å². The second kappa shape index (κ2) is 10.2. The number of guanidine groups is 1. The van der Waals surface area contributed by atoms with Crippen LogP contribution in [-0.4, -0.2) is 37.7 Å². The van der Waals surface area contributed by atoms with Crippen molar-refractivity contribution in [1.29, 1.82) is 0 Å². The number of aromatic nitrogens is 1. The highest BCUT2D eigenvalue weighted by Gasteiger charge is 2.36. The zero-order chi connectivity index (χ0) is 20.3. The van der Waals surface area contributed by atoms with E-state index in [0.29, 0.717) is 19.8 Å². The predicted octanol–water partition coefficient (Wildman–Crippen LogP) is 4.33. The van der Waals surface area contributed by atoms with Gasteiger partial charge >= 0.3 is 0 Å². The molecular weight excluding hydrogens is 511 g/mol. The Labute approximate surface area is 199 Å². The average molecular weight is 542 g/mol. The summed E-state index contributed by atoms with van der Waals surface area (Å²) in [5.41, 5.74) is 2.54. The number of thiazole rings is 1. The second-order valence-corrected chi connectivity index (χ2v) is 9.16. The maximum Gasteiger partial charge on any atom is 0.191 e. The number of aryl methyl sites for hydroxylation is 2. The molecule has 1 aliphatic heterocycles. The van der Waals surface area contributed by atoms with E-state index in [1.54, 1.807) is 11.3 Å². The van der Waals surface area contributed by atoms with Crippen molar-refractivity contribution >= 4 is 41.3 Å². The van der Waals surface area contributed by atoms with Crippen LogP contribution in [0.2, 0.25) is 0 Å². The van der Waals surface area contributed by atoms with Crippen LogP contribution in [0.15, 0.2) is 23.2 Å². The molecule has 1 saturated carbocycles. The van der Waals surface area contributed by atoms with Crippen molar-refractivity contribution in [2.45, 2.75) is 51.5 Å². The molecule has 0 radical (unpaired) electrons. The van der Waals surface area contributed by atoms with E-state index >= 15 is 0 Å². The number of benzene rings is 1. The Morgan fingerprint density at radius 1 is 1.13 bits per heavy atom. The van der Waals surface area contributed by atoms with Gasteiger partial charge in [-0.25, -0.2) is 4.98 Å². The largest absolute Gasteiger partial charge is 0.486 e. The molecule has 1 aromatic carbocycles. The molecule has 2 N–H and O–H groups in total. The third kappa shape index (κ3) is 5.01. The highest BCUT2D eigenvalue weighted by molar-refractivity contribution is 14.0. The molecule has 6 nitrogen and oxygen atoms in total. The Balaban J connectivity index is 0.00000256. The molecule has 2 heterocycles. The van der Waals surface area contributed by atoms with Crippen molar-refractivity contribution in [1.82, 2.24) is 15.6 Å². The van der Waals surface area contributed by atoms with Gasteiger partial charge in [-0.05, 0) is 44.4 Å². The molecule has 1 aromatic heterocycles. The number of ether oxygens (including phenoxy) is 2. The van der Waals surface area contributed by atoms with E-state index in [0.717, 1.165) is 34.7 Å². The van der Waals surface area contributed by atoms with Crippen molar-refractivity contribution in [2.75, 3.05) is 26.8 Å². The third-order valence-electron chi connectivity index (χ3n) is 6.01. The van der Waals surface area contributed by atoms with Gasteiger partial charge in [-0.15, -0.1) is 35.3 Å². The first-order valence-corrected chi connectivity index (χ1v) is 11.2. The van der Waals surface area contributed by atoms with Crippen LogP contribution in [0.5, 0.6) is 11.5 Å². The summed E-state index contributed by atoms with van der Waals surface area (Å²) in [4.78, 5) is 10.3. The Morgan fingerprint density at radius 3 is 2.53 bits per heavy atom. The van der Waals surface area contributed by atoms with Crippen LogP contribution in [-0.2, 0) is 12.0 Å². The normalized spacial score (nSPS) is 17.4. The van der Waals surface area contributed by atoms with Crippen LogP contribution in [0, 0.1) is 13.8 Å². The zero-order valence-corrected chi connectivity index (χ0v) is 21.1. The molecule has 0 atom stereocenters. The summed E-state index contributed by atoms with van der Waals surface area (Å²) in [5.74, 6) is 2.55. The molecule has 2 aliphatic rings. The first-order valence-electron chi connectivity index (χ1n) is 10.4. The molecule has 30 heavy (non-hydrogen) atoms. The van der Waals surface area contributed by atoms with Gasteiger partial charge in [0.15, 0.2) is 17.5 Å². The van der Waals surface area contributed by atoms with Gasteiger partial charge < -0.3 is 20.1 Å². The summed E-state index contributed by atoms with van der Waals surface area (Å²) < 4.78 is 11.5. The molecule has 0 saturated heterocycles. The van der Waals surface area contributed by atoms with Crippen LogP contribution < -0.4 is 20.1 Å². The first-order chi connectivity index (χ1) is 14.1. The van der Waals surface area contributed by atoms with Gasteiger partial charge in [0.25, 0.3) is 0 Å². The monoisotopic (exact) mass is 542 g/mol. The van der Waals surface area contributed by atoms with Crippen LogP contribution >= 0.6 is 35.3 Å². The maximum absolute atomic E-state index is 5.83. The van der Waals surface area contributed by atoms with Crippen LogP contribution in [0.3, 0.4) is 0 Å². The molecule has 0 spiro atoms. The standard InChI is InChI=1S/C22H30N4O2S.HI/c1-15-16(2)29-20(26-15)13-24-21(23-3)25-14-22(8-4-5-9-22)17-6-7-18-19(12-17)28-11-10-27-18;/h6-7,12H,4-5,8-11,13-14H2,1-3H3,(H2,23,24,25);1H. The van der Waals surface area contributed by atoms with E-state index in [1.165, 1.54) is 36.1 Å². The molecule has 0 unspecified atom stereocenters. The SMILES string of the molecule is CN=C(NCc1nc(C)c(C)s1)NCC1(c2ccc3c(c2)OCCO3)CCCC1.I. The molecule has 0 bridgehead atoms. The summed E-state index contributed by atoms with van der Waals surface area (Å²) >= 11 is 1.74. The maximum atomic E-state index is 5.83. The minimum Gasteiger partial charge on any atom is -0.486 e. The summed E-state index contributed by atoms with van der Waals surface area (Å²) in [6, 6.07) is 6.45. The molecule has 4 rings (SSSR count). The number of rotatable bonds is 5. The van der Waals surface area contributed by atoms with Crippen molar-refractivity contribution in [3.8, 4) is 11.5 Å².